The highest BCUT2D eigenvalue weighted by Crippen LogP contribution is 2.39. The fourth-order valence-electron chi connectivity index (χ4n) is 1.35. The Morgan fingerprint density at radius 3 is 1.90 bits per heavy atom. The molecule has 0 atom stereocenters. The number of nitro benzene ring substituents is 2. The molecular formula is C9H6F3N3O6. The summed E-state index contributed by atoms with van der Waals surface area (Å²) in [4.78, 5) is 30.1. The average molecular weight is 309 g/mol. The van der Waals surface area contributed by atoms with Crippen LogP contribution in [0.1, 0.15) is 0 Å². The molecule has 0 spiro atoms. The van der Waals surface area contributed by atoms with Crippen LogP contribution in [0.2, 0.25) is 0 Å². The van der Waals surface area contributed by atoms with Gasteiger partial charge in [-0.1, -0.05) is 0 Å². The zero-order chi connectivity index (χ0) is 16.4. The minimum Gasteiger partial charge on any atom is -0.485 e. The first-order valence-electron chi connectivity index (χ1n) is 4.97. The van der Waals surface area contributed by atoms with Gasteiger partial charge in [0, 0.05) is 12.1 Å². The number of benzene rings is 1. The van der Waals surface area contributed by atoms with Gasteiger partial charge in [-0.05, 0) is 0 Å². The van der Waals surface area contributed by atoms with Gasteiger partial charge in [0.05, 0.1) is 22.6 Å². The Morgan fingerprint density at radius 1 is 1.19 bits per heavy atom. The number of rotatable bonds is 4. The van der Waals surface area contributed by atoms with Crippen molar-refractivity contribution < 1.29 is 32.5 Å². The molecule has 0 unspecified atom stereocenters. The predicted octanol–water partition coefficient (Wildman–Crippen LogP) is 2.01. The van der Waals surface area contributed by atoms with Gasteiger partial charge in [-0.3, -0.25) is 25.0 Å². The number of alkyl halides is 3. The van der Waals surface area contributed by atoms with Crippen LogP contribution in [-0.2, 0) is 4.79 Å². The van der Waals surface area contributed by atoms with Gasteiger partial charge < -0.3 is 10.1 Å². The lowest BCUT2D eigenvalue weighted by atomic mass is 10.2. The lowest BCUT2D eigenvalue weighted by molar-refractivity contribution is -0.395. The number of halogens is 3. The third-order valence-electron chi connectivity index (χ3n) is 2.16. The van der Waals surface area contributed by atoms with E-state index in [9.17, 15) is 38.2 Å². The molecule has 0 aromatic heterocycles. The quantitative estimate of drug-likeness (QED) is 0.670. The number of nitro groups is 2. The maximum absolute atomic E-state index is 12.1. The molecule has 1 aromatic rings. The summed E-state index contributed by atoms with van der Waals surface area (Å²) in [6, 6.07) is 1.05. The van der Waals surface area contributed by atoms with Crippen molar-refractivity contribution in [2.45, 2.75) is 6.18 Å². The monoisotopic (exact) mass is 309 g/mol. The molecule has 9 nitrogen and oxygen atoms in total. The Bertz CT molecular complexity index is 580. The van der Waals surface area contributed by atoms with Crippen LogP contribution in [0.3, 0.4) is 0 Å². The molecule has 21 heavy (non-hydrogen) atoms. The van der Waals surface area contributed by atoms with Gasteiger partial charge in [-0.25, -0.2) is 0 Å². The summed E-state index contributed by atoms with van der Waals surface area (Å²) in [6.45, 7) is 0. The first kappa shape index (κ1) is 16.1. The Kier molecular flexibility index (Phi) is 4.30. The van der Waals surface area contributed by atoms with Gasteiger partial charge in [-0.15, -0.1) is 0 Å². The lowest BCUT2D eigenvalue weighted by Gasteiger charge is -2.09. The van der Waals surface area contributed by atoms with Crippen LogP contribution < -0.4 is 10.1 Å². The van der Waals surface area contributed by atoms with Crippen molar-refractivity contribution in [3.63, 3.8) is 0 Å². The summed E-state index contributed by atoms with van der Waals surface area (Å²) in [7, 11) is 0.920. The smallest absolute Gasteiger partial charge is 0.471 e. The normalized spacial score (nSPS) is 10.9. The number of carbonyl (C=O) groups is 1. The molecule has 0 radical (unpaired) electrons. The summed E-state index contributed by atoms with van der Waals surface area (Å²) in [6.07, 6.45) is -5.25. The molecule has 114 valence electrons. The molecule has 1 N–H and O–H groups in total. The topological polar surface area (TPSA) is 125 Å². The highest BCUT2D eigenvalue weighted by Gasteiger charge is 2.39. The van der Waals surface area contributed by atoms with E-state index in [1.54, 1.807) is 0 Å². The fourth-order valence-corrected chi connectivity index (χ4v) is 1.35. The maximum atomic E-state index is 12.1. The van der Waals surface area contributed by atoms with Crippen LogP contribution in [0.5, 0.6) is 5.75 Å². The van der Waals surface area contributed by atoms with Gasteiger partial charge >= 0.3 is 23.5 Å². The average Bonchev–Trinajstić information content (AvgIpc) is 2.36. The first-order valence-corrected chi connectivity index (χ1v) is 4.97. The third-order valence-corrected chi connectivity index (χ3v) is 2.16. The van der Waals surface area contributed by atoms with Crippen molar-refractivity contribution in [2.24, 2.45) is 0 Å². The number of nitrogens with zero attached hydrogens (tertiary/aromatic N) is 2. The fraction of sp³-hybridized carbons (Fsp3) is 0.222. The van der Waals surface area contributed by atoms with Crippen LogP contribution in [0.15, 0.2) is 12.1 Å². The number of hydrogen-bond donors (Lipinski definition) is 1. The van der Waals surface area contributed by atoms with Gasteiger partial charge in [0.15, 0.2) is 0 Å². The second kappa shape index (κ2) is 5.60. The van der Waals surface area contributed by atoms with Crippen LogP contribution in [0.4, 0.5) is 30.2 Å². The van der Waals surface area contributed by atoms with E-state index in [0.717, 1.165) is 7.11 Å². The van der Waals surface area contributed by atoms with E-state index < -0.39 is 44.7 Å². The Labute approximate surface area is 113 Å². The van der Waals surface area contributed by atoms with Crippen molar-refractivity contribution in [2.75, 3.05) is 12.4 Å². The maximum Gasteiger partial charge on any atom is 0.471 e. The molecule has 0 saturated heterocycles. The van der Waals surface area contributed by atoms with E-state index >= 15 is 0 Å². The number of hydrogen-bond acceptors (Lipinski definition) is 6. The predicted molar refractivity (Wildman–Crippen MR) is 61.0 cm³/mol. The number of nitrogens with one attached hydrogen (secondary N) is 1. The van der Waals surface area contributed by atoms with E-state index in [1.807, 2.05) is 0 Å². The molecule has 0 heterocycles. The van der Waals surface area contributed by atoms with E-state index in [-0.39, 0.29) is 0 Å². The summed E-state index contributed by atoms with van der Waals surface area (Å²) < 4.78 is 40.8. The third kappa shape index (κ3) is 3.55. The Balaban J connectivity index is 3.39. The molecule has 1 aromatic carbocycles. The zero-order valence-corrected chi connectivity index (χ0v) is 10.1. The standard InChI is InChI=1S/C9H6F3N3O6/c1-21-7-5(14(17)18)2-4(3-6(7)15(19)20)13-8(16)9(10,11)12/h2-3H,1H3,(H,13,16). The molecule has 0 aliphatic rings. The van der Waals surface area contributed by atoms with Crippen LogP contribution in [-0.4, -0.2) is 29.0 Å². The Morgan fingerprint density at radius 2 is 1.62 bits per heavy atom. The number of anilines is 1. The van der Waals surface area contributed by atoms with Crippen LogP contribution in [0, 0.1) is 20.2 Å². The van der Waals surface area contributed by atoms with E-state index in [0.29, 0.717) is 12.1 Å². The number of methoxy groups -OCH3 is 1. The van der Waals surface area contributed by atoms with E-state index in [4.69, 9.17) is 0 Å². The molecule has 0 saturated carbocycles. The van der Waals surface area contributed by atoms with Gasteiger partial charge in [0.25, 0.3) is 5.75 Å². The van der Waals surface area contributed by atoms with Gasteiger partial charge in [0.2, 0.25) is 0 Å². The summed E-state index contributed by atoms with van der Waals surface area (Å²) in [5.41, 5.74) is -2.66. The molecule has 0 fully saturated rings. The van der Waals surface area contributed by atoms with E-state index in [2.05, 4.69) is 4.74 Å². The van der Waals surface area contributed by atoms with Gasteiger partial charge in [-0.2, -0.15) is 13.2 Å². The molecular weight excluding hydrogens is 303 g/mol. The molecule has 12 heteroatoms. The highest BCUT2D eigenvalue weighted by molar-refractivity contribution is 5.95. The second-order valence-electron chi connectivity index (χ2n) is 3.51. The molecule has 1 rings (SSSR count). The summed E-state index contributed by atoms with van der Waals surface area (Å²) >= 11 is 0. The molecule has 0 aliphatic heterocycles. The first-order chi connectivity index (χ1) is 9.57. The minimum atomic E-state index is -5.25. The van der Waals surface area contributed by atoms with E-state index in [1.165, 1.54) is 5.32 Å². The zero-order valence-electron chi connectivity index (χ0n) is 10.1. The minimum absolute atomic E-state index is 0.523. The summed E-state index contributed by atoms with van der Waals surface area (Å²) in [5.74, 6) is -3.16. The van der Waals surface area contributed by atoms with Crippen molar-refractivity contribution in [3.05, 3.63) is 32.4 Å². The number of amides is 1. The molecule has 0 bridgehead atoms. The molecule has 1 amide bonds. The van der Waals surface area contributed by atoms with Crippen molar-refractivity contribution in [1.82, 2.24) is 0 Å². The lowest BCUT2D eigenvalue weighted by Crippen LogP contribution is -2.29. The van der Waals surface area contributed by atoms with Crippen molar-refractivity contribution in [1.29, 1.82) is 0 Å². The largest absolute Gasteiger partial charge is 0.485 e. The number of carbonyl (C=O) groups excluding carboxylic acids is 1. The van der Waals surface area contributed by atoms with Crippen molar-refractivity contribution in [3.8, 4) is 5.75 Å². The summed E-state index contributed by atoms with van der Waals surface area (Å²) in [5, 5.41) is 22.8. The second-order valence-corrected chi connectivity index (χ2v) is 3.51. The highest BCUT2D eigenvalue weighted by atomic mass is 19.4. The SMILES string of the molecule is COc1c([N+](=O)[O-])cc(NC(=O)C(F)(F)F)cc1[N+](=O)[O-]. The van der Waals surface area contributed by atoms with Crippen molar-refractivity contribution >= 4 is 23.0 Å². The van der Waals surface area contributed by atoms with Crippen LogP contribution >= 0.6 is 0 Å². The van der Waals surface area contributed by atoms with Crippen LogP contribution in [0.25, 0.3) is 0 Å². The Hall–Kier alpha value is -2.92. The van der Waals surface area contributed by atoms with Gasteiger partial charge in [0.1, 0.15) is 0 Å². The number of ether oxygens (including phenoxy) is 1. The molecule has 0 aliphatic carbocycles.